The maximum Gasteiger partial charge on any atom is 0.258 e. The molecule has 0 unspecified atom stereocenters. The zero-order valence-electron chi connectivity index (χ0n) is 15.5. The Labute approximate surface area is 158 Å². The van der Waals surface area contributed by atoms with Gasteiger partial charge in [0.25, 0.3) is 5.91 Å². The van der Waals surface area contributed by atoms with E-state index in [-0.39, 0.29) is 5.91 Å². The van der Waals surface area contributed by atoms with Crippen molar-refractivity contribution in [2.24, 2.45) is 0 Å². The minimum absolute atomic E-state index is 0.0162. The molecule has 0 radical (unpaired) electrons. The number of hydrogen-bond acceptors (Lipinski definition) is 2. The first-order chi connectivity index (χ1) is 13.2. The number of para-hydroxylation sites is 2. The number of anilines is 1. The third-order valence-electron chi connectivity index (χ3n) is 4.71. The fraction of sp³-hybridized carbons (Fsp3) is 0.130. The van der Waals surface area contributed by atoms with Crippen LogP contribution in [-0.4, -0.2) is 22.0 Å². The van der Waals surface area contributed by atoms with Gasteiger partial charge >= 0.3 is 0 Å². The third-order valence-corrected chi connectivity index (χ3v) is 4.71. The van der Waals surface area contributed by atoms with Crippen molar-refractivity contribution in [2.45, 2.75) is 13.8 Å². The van der Waals surface area contributed by atoms with Gasteiger partial charge in [-0.2, -0.15) is 0 Å². The molecule has 0 aliphatic heterocycles. The molecule has 4 aromatic rings. The molecule has 1 aromatic heterocycles. The third kappa shape index (κ3) is 3.10. The Morgan fingerprint density at radius 2 is 1.63 bits per heavy atom. The van der Waals surface area contributed by atoms with Crippen LogP contribution in [0.5, 0.6) is 0 Å². The predicted molar refractivity (Wildman–Crippen MR) is 110 cm³/mol. The Morgan fingerprint density at radius 1 is 0.963 bits per heavy atom. The van der Waals surface area contributed by atoms with E-state index in [2.05, 4.69) is 21.7 Å². The second-order valence-electron chi connectivity index (χ2n) is 6.42. The maximum atomic E-state index is 13.1. The Kier molecular flexibility index (Phi) is 4.47. The summed E-state index contributed by atoms with van der Waals surface area (Å²) in [5, 5.41) is 0. The van der Waals surface area contributed by atoms with Crippen LogP contribution in [-0.2, 0) is 0 Å². The van der Waals surface area contributed by atoms with Gasteiger partial charge in [0.05, 0.1) is 11.0 Å². The molecule has 1 heterocycles. The first-order valence-electron chi connectivity index (χ1n) is 9.10. The van der Waals surface area contributed by atoms with Crippen LogP contribution in [0.3, 0.4) is 0 Å². The van der Waals surface area contributed by atoms with Gasteiger partial charge in [-0.3, -0.25) is 9.36 Å². The minimum Gasteiger partial charge on any atom is -0.309 e. The van der Waals surface area contributed by atoms with E-state index in [0.29, 0.717) is 12.1 Å². The van der Waals surface area contributed by atoms with Gasteiger partial charge in [-0.15, -0.1) is 0 Å². The van der Waals surface area contributed by atoms with Gasteiger partial charge in [-0.05, 0) is 56.3 Å². The van der Waals surface area contributed by atoms with Gasteiger partial charge in [0, 0.05) is 23.5 Å². The second-order valence-corrected chi connectivity index (χ2v) is 6.42. The van der Waals surface area contributed by atoms with Crippen molar-refractivity contribution in [3.8, 4) is 5.69 Å². The Bertz CT molecular complexity index is 1080. The average molecular weight is 355 g/mol. The van der Waals surface area contributed by atoms with E-state index in [1.165, 1.54) is 0 Å². The van der Waals surface area contributed by atoms with E-state index in [9.17, 15) is 4.79 Å². The summed E-state index contributed by atoms with van der Waals surface area (Å²) in [5.41, 5.74) is 4.43. The molecule has 1 amide bonds. The fourth-order valence-corrected chi connectivity index (χ4v) is 3.44. The summed E-state index contributed by atoms with van der Waals surface area (Å²) in [7, 11) is 0. The number of nitrogens with zero attached hydrogens (tertiary/aromatic N) is 3. The molecule has 134 valence electrons. The van der Waals surface area contributed by atoms with Crippen LogP contribution in [0.25, 0.3) is 16.7 Å². The number of rotatable bonds is 4. The lowest BCUT2D eigenvalue weighted by molar-refractivity contribution is 0.0988. The first-order valence-corrected chi connectivity index (χ1v) is 9.10. The van der Waals surface area contributed by atoms with E-state index in [4.69, 9.17) is 0 Å². The molecule has 0 bridgehead atoms. The molecule has 27 heavy (non-hydrogen) atoms. The predicted octanol–water partition coefficient (Wildman–Crippen LogP) is 5.00. The molecular weight excluding hydrogens is 334 g/mol. The number of aromatic nitrogens is 2. The molecule has 0 fully saturated rings. The lowest BCUT2D eigenvalue weighted by Gasteiger charge is -2.21. The highest BCUT2D eigenvalue weighted by atomic mass is 16.2. The second kappa shape index (κ2) is 7.08. The standard InChI is InChI=1S/C23H21N3O/c1-3-25(19-10-6-4-7-11-19)23(27)18-14-15-22-21(16-18)24-17(2)26(22)20-12-8-5-9-13-20/h4-16H,3H2,1-2H3. The van der Waals surface area contributed by atoms with Gasteiger partial charge in [-0.25, -0.2) is 4.98 Å². The van der Waals surface area contributed by atoms with Gasteiger partial charge in [0.1, 0.15) is 5.82 Å². The first kappa shape index (κ1) is 17.0. The van der Waals surface area contributed by atoms with Crippen LogP contribution < -0.4 is 4.90 Å². The quantitative estimate of drug-likeness (QED) is 0.517. The molecular formula is C23H21N3O. The number of carbonyl (C=O) groups excluding carboxylic acids is 1. The highest BCUT2D eigenvalue weighted by Gasteiger charge is 2.18. The number of hydrogen-bond donors (Lipinski definition) is 0. The molecule has 0 saturated carbocycles. The van der Waals surface area contributed by atoms with Gasteiger partial charge < -0.3 is 4.90 Å². The Balaban J connectivity index is 1.75. The van der Waals surface area contributed by atoms with Crippen molar-refractivity contribution < 1.29 is 4.79 Å². The van der Waals surface area contributed by atoms with Gasteiger partial charge in [0.15, 0.2) is 0 Å². The van der Waals surface area contributed by atoms with Crippen LogP contribution >= 0.6 is 0 Å². The highest BCUT2D eigenvalue weighted by molar-refractivity contribution is 6.07. The van der Waals surface area contributed by atoms with Crippen molar-refractivity contribution in [1.29, 1.82) is 0 Å². The van der Waals surface area contributed by atoms with Crippen LogP contribution in [0.2, 0.25) is 0 Å². The zero-order chi connectivity index (χ0) is 18.8. The average Bonchev–Trinajstić information content (AvgIpc) is 3.04. The van der Waals surface area contributed by atoms with E-state index in [1.54, 1.807) is 4.90 Å². The number of benzene rings is 3. The van der Waals surface area contributed by atoms with Gasteiger partial charge in [0.2, 0.25) is 0 Å². The van der Waals surface area contributed by atoms with Gasteiger partial charge in [-0.1, -0.05) is 36.4 Å². The summed E-state index contributed by atoms with van der Waals surface area (Å²) in [6.45, 7) is 4.58. The van der Waals surface area contributed by atoms with Crippen molar-refractivity contribution in [1.82, 2.24) is 9.55 Å². The number of amides is 1. The molecule has 4 rings (SSSR count). The van der Waals surface area contributed by atoms with Crippen LogP contribution in [0.15, 0.2) is 78.9 Å². The van der Waals surface area contributed by atoms with Crippen LogP contribution in [0, 0.1) is 6.92 Å². The Hall–Kier alpha value is -3.40. The van der Waals surface area contributed by atoms with Crippen molar-refractivity contribution in [3.63, 3.8) is 0 Å². The molecule has 3 aromatic carbocycles. The summed E-state index contributed by atoms with van der Waals surface area (Å²) in [4.78, 5) is 19.5. The molecule has 0 N–H and O–H groups in total. The largest absolute Gasteiger partial charge is 0.309 e. The number of carbonyl (C=O) groups is 1. The monoisotopic (exact) mass is 355 g/mol. The summed E-state index contributed by atoms with van der Waals surface area (Å²) in [6.07, 6.45) is 0. The molecule has 4 nitrogen and oxygen atoms in total. The smallest absolute Gasteiger partial charge is 0.258 e. The van der Waals surface area contributed by atoms with Crippen molar-refractivity contribution in [3.05, 3.63) is 90.3 Å². The van der Waals surface area contributed by atoms with Crippen LogP contribution in [0.1, 0.15) is 23.1 Å². The number of imidazole rings is 1. The topological polar surface area (TPSA) is 38.1 Å². The molecule has 0 aliphatic carbocycles. The molecule has 0 atom stereocenters. The SMILES string of the molecule is CCN(C(=O)c1ccc2c(c1)nc(C)n2-c1ccccc1)c1ccccc1. The normalized spacial score (nSPS) is 10.9. The minimum atomic E-state index is -0.0162. The summed E-state index contributed by atoms with van der Waals surface area (Å²) in [5.74, 6) is 0.883. The van der Waals surface area contributed by atoms with Crippen LogP contribution in [0.4, 0.5) is 5.69 Å². The Morgan fingerprint density at radius 3 is 2.30 bits per heavy atom. The lowest BCUT2D eigenvalue weighted by Crippen LogP contribution is -2.30. The van der Waals surface area contributed by atoms with E-state index in [1.807, 2.05) is 80.6 Å². The zero-order valence-corrected chi connectivity index (χ0v) is 15.5. The highest BCUT2D eigenvalue weighted by Crippen LogP contribution is 2.24. The van der Waals surface area contributed by atoms with Crippen molar-refractivity contribution >= 4 is 22.6 Å². The molecule has 0 spiro atoms. The van der Waals surface area contributed by atoms with E-state index >= 15 is 0 Å². The van der Waals surface area contributed by atoms with E-state index in [0.717, 1.165) is 28.2 Å². The summed E-state index contributed by atoms with van der Waals surface area (Å²) in [6, 6.07) is 25.6. The lowest BCUT2D eigenvalue weighted by atomic mass is 10.1. The molecule has 4 heteroatoms. The number of fused-ring (bicyclic) bond motifs is 1. The van der Waals surface area contributed by atoms with E-state index < -0.39 is 0 Å². The number of aryl methyl sites for hydroxylation is 1. The summed E-state index contributed by atoms with van der Waals surface area (Å²) < 4.78 is 2.11. The maximum absolute atomic E-state index is 13.1. The molecule has 0 saturated heterocycles. The summed E-state index contributed by atoms with van der Waals surface area (Å²) >= 11 is 0. The molecule has 0 aliphatic rings. The van der Waals surface area contributed by atoms with Crippen molar-refractivity contribution in [2.75, 3.05) is 11.4 Å². The fourth-order valence-electron chi connectivity index (χ4n) is 3.44.